The molecule has 6 nitrogen and oxygen atoms in total. The molecule has 0 amide bonds. The van der Waals surface area contributed by atoms with Gasteiger partial charge < -0.3 is 0 Å². The second-order valence-electron chi connectivity index (χ2n) is 7.84. The predicted octanol–water partition coefficient (Wildman–Crippen LogP) is 5.34. The highest BCUT2D eigenvalue weighted by Crippen LogP contribution is 2.29. The number of allylic oxidation sites excluding steroid dienone is 1. The minimum atomic E-state index is -3.50. The number of thiazole rings is 1. The Balaban J connectivity index is 1.43. The molecule has 2 heterocycles. The summed E-state index contributed by atoms with van der Waals surface area (Å²) in [6, 6.07) is 17.0. The van der Waals surface area contributed by atoms with Crippen LogP contribution in [0.3, 0.4) is 0 Å². The summed E-state index contributed by atoms with van der Waals surface area (Å²) in [5.74, 6) is 0.386. The van der Waals surface area contributed by atoms with Gasteiger partial charge in [-0.05, 0) is 42.5 Å². The standard InChI is InChI=1S/C24H26N4O2S2/c1-19-8-7-15-28(17-19)32(29,30)22-13-5-12-21(16-22)23-18-31-24(26-23)27-25-14-6-11-20-9-3-2-4-10-20/h2-6,9-14,16,18-19H,7-8,15,17H2,1H3,(H,26,27)/b11-6+,25-14+. The molecule has 8 heteroatoms. The molecule has 1 saturated heterocycles. The lowest BCUT2D eigenvalue weighted by Crippen LogP contribution is -2.39. The van der Waals surface area contributed by atoms with E-state index in [0.717, 1.165) is 29.7 Å². The molecule has 166 valence electrons. The average Bonchev–Trinajstić information content (AvgIpc) is 3.29. The molecule has 2 aromatic carbocycles. The summed E-state index contributed by atoms with van der Waals surface area (Å²) in [4.78, 5) is 4.86. The fourth-order valence-corrected chi connectivity index (χ4v) is 5.95. The number of nitrogens with zero attached hydrogens (tertiary/aromatic N) is 3. The van der Waals surface area contributed by atoms with Gasteiger partial charge in [0.15, 0.2) is 0 Å². The smallest absolute Gasteiger partial charge is 0.243 e. The molecule has 0 aliphatic carbocycles. The van der Waals surface area contributed by atoms with Crippen molar-refractivity contribution in [2.24, 2.45) is 11.0 Å². The maximum Gasteiger partial charge on any atom is 0.243 e. The van der Waals surface area contributed by atoms with Crippen LogP contribution in [0.4, 0.5) is 5.13 Å². The molecule has 1 unspecified atom stereocenters. The summed E-state index contributed by atoms with van der Waals surface area (Å²) in [6.07, 6.45) is 7.47. The van der Waals surface area contributed by atoms with E-state index in [-0.39, 0.29) is 0 Å². The third-order valence-electron chi connectivity index (χ3n) is 5.30. The van der Waals surface area contributed by atoms with Crippen molar-refractivity contribution in [1.82, 2.24) is 9.29 Å². The van der Waals surface area contributed by atoms with Crippen LogP contribution >= 0.6 is 11.3 Å². The van der Waals surface area contributed by atoms with E-state index in [1.165, 1.54) is 11.3 Å². The van der Waals surface area contributed by atoms with Crippen LogP contribution in [0, 0.1) is 5.92 Å². The molecule has 32 heavy (non-hydrogen) atoms. The van der Waals surface area contributed by atoms with Gasteiger partial charge in [0.25, 0.3) is 0 Å². The van der Waals surface area contributed by atoms with Crippen molar-refractivity contribution in [3.05, 3.63) is 71.6 Å². The molecule has 1 aliphatic heterocycles. The third-order valence-corrected chi connectivity index (χ3v) is 7.91. The number of anilines is 1. The number of aromatic nitrogens is 1. The van der Waals surface area contributed by atoms with Gasteiger partial charge in [0.05, 0.1) is 10.6 Å². The number of piperidine rings is 1. The zero-order valence-electron chi connectivity index (χ0n) is 17.9. The van der Waals surface area contributed by atoms with Crippen molar-refractivity contribution in [3.8, 4) is 11.3 Å². The second-order valence-corrected chi connectivity index (χ2v) is 10.6. The van der Waals surface area contributed by atoms with Crippen LogP contribution in [-0.4, -0.2) is 37.0 Å². The normalized spacial score (nSPS) is 17.8. The van der Waals surface area contributed by atoms with Gasteiger partial charge in [-0.3, -0.25) is 5.43 Å². The molecule has 1 N–H and O–H groups in total. The van der Waals surface area contributed by atoms with Gasteiger partial charge in [-0.25, -0.2) is 13.4 Å². The van der Waals surface area contributed by atoms with E-state index >= 15 is 0 Å². The van der Waals surface area contributed by atoms with Gasteiger partial charge in [0, 0.05) is 30.2 Å². The van der Waals surface area contributed by atoms with Crippen molar-refractivity contribution >= 4 is 38.8 Å². The summed E-state index contributed by atoms with van der Waals surface area (Å²) in [7, 11) is -3.50. The topological polar surface area (TPSA) is 74.7 Å². The molecule has 0 radical (unpaired) electrons. The summed E-state index contributed by atoms with van der Waals surface area (Å²) in [6.45, 7) is 3.26. The first-order valence-corrected chi connectivity index (χ1v) is 12.9. The Labute approximate surface area is 193 Å². The number of benzene rings is 2. The maximum atomic E-state index is 13.1. The van der Waals surface area contributed by atoms with E-state index in [1.54, 1.807) is 28.7 Å². The monoisotopic (exact) mass is 466 g/mol. The highest BCUT2D eigenvalue weighted by atomic mass is 32.2. The van der Waals surface area contributed by atoms with Crippen molar-refractivity contribution in [3.63, 3.8) is 0 Å². The van der Waals surface area contributed by atoms with E-state index in [4.69, 9.17) is 0 Å². The van der Waals surface area contributed by atoms with Gasteiger partial charge in [-0.1, -0.05) is 55.5 Å². The molecule has 1 fully saturated rings. The largest absolute Gasteiger partial charge is 0.253 e. The van der Waals surface area contributed by atoms with Gasteiger partial charge >= 0.3 is 0 Å². The van der Waals surface area contributed by atoms with Gasteiger partial charge in [-0.2, -0.15) is 9.41 Å². The predicted molar refractivity (Wildman–Crippen MR) is 132 cm³/mol. The second kappa shape index (κ2) is 10.2. The Bertz CT molecular complexity index is 1200. The molecule has 4 rings (SSSR count). The molecule has 1 atom stereocenters. The molecular weight excluding hydrogens is 440 g/mol. The van der Waals surface area contributed by atoms with Crippen LogP contribution in [0.2, 0.25) is 0 Å². The average molecular weight is 467 g/mol. The molecule has 1 aliphatic rings. The van der Waals surface area contributed by atoms with Crippen molar-refractivity contribution in [2.45, 2.75) is 24.7 Å². The van der Waals surface area contributed by atoms with Crippen LogP contribution in [0.15, 0.2) is 76.1 Å². The number of hydrazone groups is 1. The molecule has 1 aromatic heterocycles. The fourth-order valence-electron chi connectivity index (χ4n) is 3.64. The summed E-state index contributed by atoms with van der Waals surface area (Å²) in [5, 5.41) is 6.71. The Morgan fingerprint density at radius 2 is 2.03 bits per heavy atom. The van der Waals surface area contributed by atoms with E-state index in [2.05, 4.69) is 22.4 Å². The van der Waals surface area contributed by atoms with E-state index in [0.29, 0.717) is 29.0 Å². The lowest BCUT2D eigenvalue weighted by Gasteiger charge is -2.30. The number of rotatable bonds is 7. The SMILES string of the molecule is CC1CCCN(S(=O)(=O)c2cccc(-c3csc(N/N=C/C=C/c4ccccc4)n3)c2)C1. The third kappa shape index (κ3) is 5.51. The Kier molecular flexibility index (Phi) is 7.14. The van der Waals surface area contributed by atoms with Crippen molar-refractivity contribution in [2.75, 3.05) is 18.5 Å². The number of hydrogen-bond donors (Lipinski definition) is 1. The minimum Gasteiger partial charge on any atom is -0.253 e. The summed E-state index contributed by atoms with van der Waals surface area (Å²) < 4.78 is 27.8. The quantitative estimate of drug-likeness (QED) is 0.377. The van der Waals surface area contributed by atoms with Crippen LogP contribution in [0.1, 0.15) is 25.3 Å². The first-order valence-electron chi connectivity index (χ1n) is 10.6. The van der Waals surface area contributed by atoms with Gasteiger partial charge in [0.2, 0.25) is 15.2 Å². The lowest BCUT2D eigenvalue weighted by atomic mass is 10.0. The highest BCUT2D eigenvalue weighted by molar-refractivity contribution is 7.89. The fraction of sp³-hybridized carbons (Fsp3) is 0.250. The molecular formula is C24H26N4O2S2. The maximum absolute atomic E-state index is 13.1. The van der Waals surface area contributed by atoms with E-state index in [1.807, 2.05) is 53.9 Å². The van der Waals surface area contributed by atoms with Crippen LogP contribution < -0.4 is 5.43 Å². The summed E-state index contributed by atoms with van der Waals surface area (Å²) >= 11 is 1.42. The van der Waals surface area contributed by atoms with Gasteiger partial charge in [-0.15, -0.1) is 11.3 Å². The zero-order chi connectivity index (χ0) is 22.4. The first-order chi connectivity index (χ1) is 15.5. The van der Waals surface area contributed by atoms with Crippen molar-refractivity contribution < 1.29 is 8.42 Å². The van der Waals surface area contributed by atoms with Crippen LogP contribution in [-0.2, 0) is 10.0 Å². The van der Waals surface area contributed by atoms with Crippen LogP contribution in [0.25, 0.3) is 17.3 Å². The molecule has 3 aromatic rings. The number of nitrogens with one attached hydrogen (secondary N) is 1. The Morgan fingerprint density at radius 1 is 1.19 bits per heavy atom. The highest BCUT2D eigenvalue weighted by Gasteiger charge is 2.28. The lowest BCUT2D eigenvalue weighted by molar-refractivity contribution is 0.281. The molecule has 0 saturated carbocycles. The number of hydrogen-bond acceptors (Lipinski definition) is 6. The number of sulfonamides is 1. The first kappa shape index (κ1) is 22.4. The summed E-state index contributed by atoms with van der Waals surface area (Å²) in [5.41, 5.74) is 5.51. The van der Waals surface area contributed by atoms with Gasteiger partial charge in [0.1, 0.15) is 0 Å². The minimum absolute atomic E-state index is 0.315. The zero-order valence-corrected chi connectivity index (χ0v) is 19.5. The Hall–Kier alpha value is -2.81. The molecule has 0 bridgehead atoms. The van der Waals surface area contributed by atoms with Crippen LogP contribution in [0.5, 0.6) is 0 Å². The van der Waals surface area contributed by atoms with E-state index in [9.17, 15) is 8.42 Å². The van der Waals surface area contributed by atoms with E-state index < -0.39 is 10.0 Å². The van der Waals surface area contributed by atoms with Crippen molar-refractivity contribution in [1.29, 1.82) is 0 Å². The molecule has 0 spiro atoms. The Morgan fingerprint density at radius 3 is 2.84 bits per heavy atom.